The van der Waals surface area contributed by atoms with E-state index in [-0.39, 0.29) is 11.6 Å². The van der Waals surface area contributed by atoms with Crippen LogP contribution in [0.25, 0.3) is 0 Å². The zero-order valence-electron chi connectivity index (χ0n) is 12.1. The van der Waals surface area contributed by atoms with Crippen molar-refractivity contribution in [3.8, 4) is 0 Å². The predicted octanol–water partition coefficient (Wildman–Crippen LogP) is 2.69. The van der Waals surface area contributed by atoms with Crippen LogP contribution in [0.1, 0.15) is 69.5 Å². The van der Waals surface area contributed by atoms with Crippen molar-refractivity contribution < 1.29 is 9.26 Å². The van der Waals surface area contributed by atoms with Crippen LogP contribution >= 0.6 is 0 Å². The first-order valence-electron chi connectivity index (χ1n) is 8.00. The van der Waals surface area contributed by atoms with Gasteiger partial charge in [0.1, 0.15) is 0 Å². The highest BCUT2D eigenvalue weighted by Crippen LogP contribution is 2.32. The van der Waals surface area contributed by atoms with Crippen LogP contribution in [0.2, 0.25) is 0 Å². The minimum Gasteiger partial charge on any atom is -0.378 e. The van der Waals surface area contributed by atoms with E-state index in [9.17, 15) is 0 Å². The Morgan fingerprint density at radius 2 is 1.90 bits per heavy atom. The molecule has 1 aliphatic heterocycles. The predicted molar refractivity (Wildman–Crippen MR) is 75.2 cm³/mol. The van der Waals surface area contributed by atoms with E-state index in [1.54, 1.807) is 0 Å². The van der Waals surface area contributed by atoms with Gasteiger partial charge in [-0.1, -0.05) is 30.8 Å². The molecule has 0 radical (unpaired) electrons. The monoisotopic (exact) mass is 279 g/mol. The molecule has 1 saturated carbocycles. The molecular weight excluding hydrogens is 254 g/mol. The van der Waals surface area contributed by atoms with Crippen molar-refractivity contribution in [3.05, 3.63) is 11.7 Å². The van der Waals surface area contributed by atoms with Crippen molar-refractivity contribution >= 4 is 0 Å². The van der Waals surface area contributed by atoms with Crippen LogP contribution in [0, 0.1) is 0 Å². The second kappa shape index (κ2) is 6.22. The Labute approximate surface area is 120 Å². The lowest BCUT2D eigenvalue weighted by molar-refractivity contribution is 0.0124. The van der Waals surface area contributed by atoms with Crippen molar-refractivity contribution in [2.75, 3.05) is 6.61 Å². The van der Waals surface area contributed by atoms with Gasteiger partial charge in [-0.2, -0.15) is 4.98 Å². The molecule has 5 heteroatoms. The molecule has 1 aliphatic carbocycles. The quantitative estimate of drug-likeness (QED) is 0.861. The van der Waals surface area contributed by atoms with Gasteiger partial charge in [0.25, 0.3) is 0 Å². The van der Waals surface area contributed by atoms with Gasteiger partial charge < -0.3 is 15.0 Å². The first-order valence-corrected chi connectivity index (χ1v) is 8.00. The van der Waals surface area contributed by atoms with Crippen molar-refractivity contribution in [1.29, 1.82) is 0 Å². The number of hydrogen-bond donors (Lipinski definition) is 1. The molecule has 1 aromatic heterocycles. The van der Waals surface area contributed by atoms with Gasteiger partial charge in [-0.3, -0.25) is 0 Å². The normalized spacial score (nSPS) is 27.1. The van der Waals surface area contributed by atoms with Gasteiger partial charge in [0.2, 0.25) is 5.89 Å². The van der Waals surface area contributed by atoms with Crippen molar-refractivity contribution in [1.82, 2.24) is 10.1 Å². The SMILES string of the molecule is NC1(c2noc(CC3CCCCO3)n2)CCCCCC1. The Bertz CT molecular complexity index is 419. The van der Waals surface area contributed by atoms with Gasteiger partial charge in [-0.05, 0) is 32.1 Å². The highest BCUT2D eigenvalue weighted by Gasteiger charge is 2.33. The molecule has 2 heterocycles. The molecule has 1 aromatic rings. The maximum atomic E-state index is 6.51. The third kappa shape index (κ3) is 3.20. The lowest BCUT2D eigenvalue weighted by Gasteiger charge is -2.23. The van der Waals surface area contributed by atoms with E-state index < -0.39 is 0 Å². The zero-order chi connectivity index (χ0) is 13.8. The average molecular weight is 279 g/mol. The van der Waals surface area contributed by atoms with Crippen LogP contribution in [0.4, 0.5) is 0 Å². The number of hydrogen-bond acceptors (Lipinski definition) is 5. The van der Waals surface area contributed by atoms with Gasteiger partial charge >= 0.3 is 0 Å². The van der Waals surface area contributed by atoms with Gasteiger partial charge in [0.05, 0.1) is 18.1 Å². The average Bonchev–Trinajstić information content (AvgIpc) is 2.82. The molecule has 2 fully saturated rings. The summed E-state index contributed by atoms with van der Waals surface area (Å²) in [6, 6.07) is 0. The van der Waals surface area contributed by atoms with Gasteiger partial charge in [0.15, 0.2) is 5.82 Å². The van der Waals surface area contributed by atoms with E-state index >= 15 is 0 Å². The fraction of sp³-hybridized carbons (Fsp3) is 0.867. The fourth-order valence-electron chi connectivity index (χ4n) is 3.29. The van der Waals surface area contributed by atoms with Crippen molar-refractivity contribution in [2.45, 2.75) is 75.9 Å². The van der Waals surface area contributed by atoms with Crippen LogP contribution in [-0.2, 0) is 16.7 Å². The molecule has 5 nitrogen and oxygen atoms in total. The van der Waals surface area contributed by atoms with Gasteiger partial charge in [-0.15, -0.1) is 0 Å². The summed E-state index contributed by atoms with van der Waals surface area (Å²) in [7, 11) is 0. The lowest BCUT2D eigenvalue weighted by atomic mass is 9.91. The molecule has 0 spiro atoms. The van der Waals surface area contributed by atoms with E-state index in [1.807, 2.05) is 0 Å². The first-order chi connectivity index (χ1) is 9.76. The van der Waals surface area contributed by atoms with Gasteiger partial charge in [0, 0.05) is 6.61 Å². The Morgan fingerprint density at radius 3 is 2.60 bits per heavy atom. The summed E-state index contributed by atoms with van der Waals surface area (Å²) in [4.78, 5) is 4.56. The summed E-state index contributed by atoms with van der Waals surface area (Å²) in [5.41, 5.74) is 6.13. The van der Waals surface area contributed by atoms with Crippen LogP contribution in [-0.4, -0.2) is 22.9 Å². The summed E-state index contributed by atoms with van der Waals surface area (Å²) in [5, 5.41) is 4.15. The Balaban J connectivity index is 1.65. The number of nitrogens with two attached hydrogens (primary N) is 1. The van der Waals surface area contributed by atoms with Crippen LogP contribution in [0.5, 0.6) is 0 Å². The molecular formula is C15H25N3O2. The smallest absolute Gasteiger partial charge is 0.229 e. The van der Waals surface area contributed by atoms with E-state index in [1.165, 1.54) is 19.3 Å². The summed E-state index contributed by atoms with van der Waals surface area (Å²) in [6.45, 7) is 0.854. The van der Waals surface area contributed by atoms with Gasteiger partial charge in [-0.25, -0.2) is 0 Å². The van der Waals surface area contributed by atoms with Crippen molar-refractivity contribution in [2.24, 2.45) is 5.73 Å². The molecule has 20 heavy (non-hydrogen) atoms. The van der Waals surface area contributed by atoms with E-state index in [2.05, 4.69) is 10.1 Å². The van der Waals surface area contributed by atoms with E-state index in [0.29, 0.717) is 11.7 Å². The molecule has 0 aromatic carbocycles. The largest absolute Gasteiger partial charge is 0.378 e. The maximum absolute atomic E-state index is 6.51. The van der Waals surface area contributed by atoms with Crippen LogP contribution in [0.3, 0.4) is 0 Å². The summed E-state index contributed by atoms with van der Waals surface area (Å²) < 4.78 is 11.1. The minimum atomic E-state index is -0.383. The Kier molecular flexibility index (Phi) is 4.36. The Hall–Kier alpha value is -0.940. The zero-order valence-corrected chi connectivity index (χ0v) is 12.1. The van der Waals surface area contributed by atoms with Crippen molar-refractivity contribution in [3.63, 3.8) is 0 Å². The van der Waals surface area contributed by atoms with E-state index in [0.717, 1.165) is 51.6 Å². The molecule has 0 amide bonds. The molecule has 3 rings (SSSR count). The molecule has 2 N–H and O–H groups in total. The number of nitrogens with zero attached hydrogens (tertiary/aromatic N) is 2. The molecule has 0 bridgehead atoms. The number of rotatable bonds is 3. The number of ether oxygens (including phenoxy) is 1. The fourth-order valence-corrected chi connectivity index (χ4v) is 3.29. The second-order valence-corrected chi connectivity index (χ2v) is 6.27. The number of aromatic nitrogens is 2. The molecule has 1 unspecified atom stereocenters. The molecule has 2 aliphatic rings. The molecule has 1 saturated heterocycles. The topological polar surface area (TPSA) is 74.2 Å². The highest BCUT2D eigenvalue weighted by atomic mass is 16.5. The lowest BCUT2D eigenvalue weighted by Crippen LogP contribution is -2.37. The standard InChI is InChI=1S/C15H25N3O2/c16-15(8-4-1-2-5-9-15)14-17-13(20-18-14)11-12-7-3-6-10-19-12/h12H,1-11,16H2. The Morgan fingerprint density at radius 1 is 1.10 bits per heavy atom. The maximum Gasteiger partial charge on any atom is 0.229 e. The summed E-state index contributed by atoms with van der Waals surface area (Å²) in [6.07, 6.45) is 11.2. The second-order valence-electron chi connectivity index (χ2n) is 6.27. The van der Waals surface area contributed by atoms with E-state index in [4.69, 9.17) is 15.0 Å². The summed E-state index contributed by atoms with van der Waals surface area (Å²) in [5.74, 6) is 1.38. The first kappa shape index (κ1) is 14.0. The third-order valence-corrected chi connectivity index (χ3v) is 4.59. The summed E-state index contributed by atoms with van der Waals surface area (Å²) >= 11 is 0. The molecule has 1 atom stereocenters. The highest BCUT2D eigenvalue weighted by molar-refractivity contribution is 5.05. The molecule has 112 valence electrons. The third-order valence-electron chi connectivity index (χ3n) is 4.59. The minimum absolute atomic E-state index is 0.236. The van der Waals surface area contributed by atoms with Crippen LogP contribution in [0.15, 0.2) is 4.52 Å². The van der Waals surface area contributed by atoms with Crippen LogP contribution < -0.4 is 5.73 Å².